The normalized spacial score (nSPS) is 11.0. The van der Waals surface area contributed by atoms with Crippen molar-refractivity contribution in [2.45, 2.75) is 20.3 Å². The zero-order valence-corrected chi connectivity index (χ0v) is 12.7. The van der Waals surface area contributed by atoms with E-state index in [4.69, 9.17) is 5.73 Å². The maximum atomic E-state index is 12.3. The lowest BCUT2D eigenvalue weighted by Gasteiger charge is -1.98. The Morgan fingerprint density at radius 1 is 1.43 bits per heavy atom. The molecule has 0 saturated heterocycles. The van der Waals surface area contributed by atoms with Crippen LogP contribution in [0.25, 0.3) is 10.9 Å². The number of aryl methyl sites for hydroxylation is 2. The van der Waals surface area contributed by atoms with Crippen molar-refractivity contribution in [1.82, 2.24) is 9.97 Å². The van der Waals surface area contributed by atoms with Gasteiger partial charge in [-0.25, -0.2) is 4.98 Å². The fraction of sp³-hybridized carbons (Fsp3) is 0.200. The Morgan fingerprint density at radius 2 is 2.24 bits per heavy atom. The van der Waals surface area contributed by atoms with Gasteiger partial charge in [-0.1, -0.05) is 6.92 Å². The van der Waals surface area contributed by atoms with Crippen molar-refractivity contribution in [2.75, 3.05) is 11.1 Å². The van der Waals surface area contributed by atoms with Gasteiger partial charge in [0.2, 0.25) is 0 Å². The fourth-order valence-corrected chi connectivity index (χ4v) is 3.14. The van der Waals surface area contributed by atoms with E-state index in [1.165, 1.54) is 11.3 Å². The van der Waals surface area contributed by atoms with Crippen molar-refractivity contribution >= 4 is 39.0 Å². The van der Waals surface area contributed by atoms with Crippen molar-refractivity contribution in [2.24, 2.45) is 0 Å². The van der Waals surface area contributed by atoms with Crippen LogP contribution in [0.4, 0.5) is 10.8 Å². The molecule has 4 N–H and O–H groups in total. The summed E-state index contributed by atoms with van der Waals surface area (Å²) in [5.41, 5.74) is 8.84. The summed E-state index contributed by atoms with van der Waals surface area (Å²) < 4.78 is 0. The van der Waals surface area contributed by atoms with Crippen molar-refractivity contribution in [3.05, 3.63) is 40.5 Å². The Bertz CT molecular complexity index is 818. The third-order valence-corrected chi connectivity index (χ3v) is 4.27. The SMILES string of the molecule is CCc1nc(NC(=O)c2cc3cc(N)ccc3[nH]2)sc1C. The molecule has 0 aliphatic carbocycles. The number of aromatic nitrogens is 2. The van der Waals surface area contributed by atoms with E-state index in [-0.39, 0.29) is 5.91 Å². The Kier molecular flexibility index (Phi) is 3.39. The molecule has 0 radical (unpaired) electrons. The molecule has 108 valence electrons. The first-order chi connectivity index (χ1) is 10.1. The van der Waals surface area contributed by atoms with Gasteiger partial charge < -0.3 is 10.7 Å². The Labute approximate surface area is 126 Å². The molecule has 0 fully saturated rings. The van der Waals surface area contributed by atoms with Gasteiger partial charge >= 0.3 is 0 Å². The predicted octanol–water partition coefficient (Wildman–Crippen LogP) is 3.33. The summed E-state index contributed by atoms with van der Waals surface area (Å²) in [5.74, 6) is -0.193. The van der Waals surface area contributed by atoms with Crippen molar-refractivity contribution < 1.29 is 4.79 Å². The predicted molar refractivity (Wildman–Crippen MR) is 86.9 cm³/mol. The Hall–Kier alpha value is -2.34. The van der Waals surface area contributed by atoms with Crippen LogP contribution in [-0.2, 0) is 6.42 Å². The maximum absolute atomic E-state index is 12.3. The minimum Gasteiger partial charge on any atom is -0.399 e. The minimum absolute atomic E-state index is 0.193. The number of amides is 1. The molecule has 1 amide bonds. The number of hydrogen-bond donors (Lipinski definition) is 3. The topological polar surface area (TPSA) is 83.8 Å². The smallest absolute Gasteiger partial charge is 0.273 e. The standard InChI is InChI=1S/C15H16N4OS/c1-3-11-8(2)21-15(18-11)19-14(20)13-7-9-6-10(16)4-5-12(9)17-13/h4-7,17H,3,16H2,1-2H3,(H,18,19,20). The second-order valence-electron chi connectivity index (χ2n) is 4.86. The molecule has 21 heavy (non-hydrogen) atoms. The summed E-state index contributed by atoms with van der Waals surface area (Å²) in [6, 6.07) is 7.30. The number of thiazole rings is 1. The number of aromatic amines is 1. The van der Waals surface area contributed by atoms with E-state index in [9.17, 15) is 4.79 Å². The van der Waals surface area contributed by atoms with Crippen molar-refractivity contribution in [1.29, 1.82) is 0 Å². The number of carbonyl (C=O) groups excluding carboxylic acids is 1. The van der Waals surface area contributed by atoms with Crippen LogP contribution >= 0.6 is 11.3 Å². The molecule has 2 aromatic heterocycles. The van der Waals surface area contributed by atoms with Gasteiger partial charge in [-0.2, -0.15) is 0 Å². The summed E-state index contributed by atoms with van der Waals surface area (Å²) in [7, 11) is 0. The van der Waals surface area contributed by atoms with E-state index in [1.54, 1.807) is 12.1 Å². The molecule has 0 atom stereocenters. The number of nitrogen functional groups attached to an aromatic ring is 1. The molecule has 0 aliphatic heterocycles. The Balaban J connectivity index is 1.86. The zero-order valence-electron chi connectivity index (χ0n) is 11.9. The third kappa shape index (κ3) is 2.62. The molecule has 2 heterocycles. The average Bonchev–Trinajstić information content (AvgIpc) is 3.01. The molecule has 6 heteroatoms. The maximum Gasteiger partial charge on any atom is 0.273 e. The van der Waals surface area contributed by atoms with Gasteiger partial charge in [-0.15, -0.1) is 11.3 Å². The Morgan fingerprint density at radius 3 is 2.95 bits per heavy atom. The fourth-order valence-electron chi connectivity index (χ4n) is 2.25. The number of rotatable bonds is 3. The molecule has 0 saturated carbocycles. The van der Waals surface area contributed by atoms with Crippen LogP contribution in [0.3, 0.4) is 0 Å². The molecule has 0 aliphatic rings. The first-order valence-corrected chi connectivity index (χ1v) is 7.54. The van der Waals surface area contributed by atoms with Crippen molar-refractivity contribution in [3.8, 4) is 0 Å². The highest BCUT2D eigenvalue weighted by Gasteiger charge is 2.13. The van der Waals surface area contributed by atoms with Gasteiger partial charge in [0, 0.05) is 21.5 Å². The molecule has 1 aromatic carbocycles. The van der Waals surface area contributed by atoms with Crippen LogP contribution in [-0.4, -0.2) is 15.9 Å². The number of nitrogens with zero attached hydrogens (tertiary/aromatic N) is 1. The summed E-state index contributed by atoms with van der Waals surface area (Å²) >= 11 is 1.49. The molecule has 0 unspecified atom stereocenters. The highest BCUT2D eigenvalue weighted by Crippen LogP contribution is 2.24. The number of nitrogens with one attached hydrogen (secondary N) is 2. The zero-order chi connectivity index (χ0) is 15.0. The summed E-state index contributed by atoms with van der Waals surface area (Å²) in [4.78, 5) is 20.9. The summed E-state index contributed by atoms with van der Waals surface area (Å²) in [5, 5.41) is 4.39. The first kappa shape index (κ1) is 13.6. The van der Waals surface area contributed by atoms with Gasteiger partial charge in [0.1, 0.15) is 5.69 Å². The van der Waals surface area contributed by atoms with Gasteiger partial charge in [-0.05, 0) is 37.6 Å². The molecule has 3 aromatic rings. The van der Waals surface area contributed by atoms with Gasteiger partial charge in [0.15, 0.2) is 5.13 Å². The van der Waals surface area contributed by atoms with E-state index < -0.39 is 0 Å². The quantitative estimate of drug-likeness (QED) is 0.649. The second kappa shape index (κ2) is 5.21. The lowest BCUT2D eigenvalue weighted by molar-refractivity contribution is 0.102. The number of H-pyrrole nitrogens is 1. The van der Waals surface area contributed by atoms with Crippen LogP contribution in [0.1, 0.15) is 28.0 Å². The molecule has 3 rings (SSSR count). The van der Waals surface area contributed by atoms with Crippen LogP contribution in [0.5, 0.6) is 0 Å². The van der Waals surface area contributed by atoms with E-state index in [1.807, 2.05) is 19.1 Å². The third-order valence-electron chi connectivity index (χ3n) is 3.34. The summed E-state index contributed by atoms with van der Waals surface area (Å²) in [6.07, 6.45) is 0.865. The van der Waals surface area contributed by atoms with Gasteiger partial charge in [-0.3, -0.25) is 10.1 Å². The second-order valence-corrected chi connectivity index (χ2v) is 6.06. The van der Waals surface area contributed by atoms with E-state index in [2.05, 4.69) is 22.2 Å². The molecule has 0 spiro atoms. The number of fused-ring (bicyclic) bond motifs is 1. The number of carbonyl (C=O) groups is 1. The first-order valence-electron chi connectivity index (χ1n) is 6.72. The number of hydrogen-bond acceptors (Lipinski definition) is 4. The van der Waals surface area contributed by atoms with Crippen LogP contribution in [0, 0.1) is 6.92 Å². The average molecular weight is 300 g/mol. The van der Waals surface area contributed by atoms with E-state index in [0.29, 0.717) is 16.5 Å². The van der Waals surface area contributed by atoms with Crippen LogP contribution in [0.2, 0.25) is 0 Å². The largest absolute Gasteiger partial charge is 0.399 e. The highest BCUT2D eigenvalue weighted by molar-refractivity contribution is 7.15. The monoisotopic (exact) mass is 300 g/mol. The lowest BCUT2D eigenvalue weighted by atomic mass is 10.2. The molecule has 0 bridgehead atoms. The van der Waals surface area contributed by atoms with Crippen molar-refractivity contribution in [3.63, 3.8) is 0 Å². The minimum atomic E-state index is -0.193. The molecular formula is C15H16N4OS. The van der Waals surface area contributed by atoms with Crippen LogP contribution in [0.15, 0.2) is 24.3 Å². The van der Waals surface area contributed by atoms with Crippen LogP contribution < -0.4 is 11.1 Å². The highest BCUT2D eigenvalue weighted by atomic mass is 32.1. The van der Waals surface area contributed by atoms with Gasteiger partial charge in [0.25, 0.3) is 5.91 Å². The number of nitrogens with two attached hydrogens (primary N) is 1. The molecular weight excluding hydrogens is 284 g/mol. The lowest BCUT2D eigenvalue weighted by Crippen LogP contribution is -2.12. The number of benzene rings is 1. The molecule has 5 nitrogen and oxygen atoms in total. The van der Waals surface area contributed by atoms with E-state index in [0.717, 1.165) is 27.9 Å². The summed E-state index contributed by atoms with van der Waals surface area (Å²) in [6.45, 7) is 4.06. The van der Waals surface area contributed by atoms with Gasteiger partial charge in [0.05, 0.1) is 5.69 Å². The number of anilines is 2. The van der Waals surface area contributed by atoms with E-state index >= 15 is 0 Å².